The Balaban J connectivity index is 1.96. The van der Waals surface area contributed by atoms with E-state index in [0.717, 1.165) is 4.31 Å². The second-order valence-electron chi connectivity index (χ2n) is 9.91. The summed E-state index contributed by atoms with van der Waals surface area (Å²) in [6, 6.07) is 12.2. The minimum absolute atomic E-state index is 0.0117. The third-order valence-corrected chi connectivity index (χ3v) is 8.84. The highest BCUT2D eigenvalue weighted by molar-refractivity contribution is 7.89. The zero-order valence-corrected chi connectivity index (χ0v) is 23.2. The standard InChI is InChI=1S/C28H32N4O6S/c1-6-16-31-22-11-8-7-10-21(22)28(27(31)36)23(25(34)26(35)32(28)18-9-17-29(2)3)24(33)19-12-14-20(15-13-19)39(37,38)30(4)5/h6-8,10-15,33H,1,9,16-18H2,2-5H3/b24-23+. The number of carbonyl (C=O) groups excluding carboxylic acids is 3. The molecule has 1 unspecified atom stereocenters. The molecule has 0 radical (unpaired) electrons. The molecule has 0 saturated carbocycles. The molecule has 1 saturated heterocycles. The molecule has 2 aromatic rings. The number of ketones is 1. The lowest BCUT2D eigenvalue weighted by molar-refractivity contribution is -0.143. The molecular weight excluding hydrogens is 520 g/mol. The molecule has 1 fully saturated rings. The van der Waals surface area contributed by atoms with E-state index in [1.54, 1.807) is 30.3 Å². The van der Waals surface area contributed by atoms with Crippen molar-refractivity contribution < 1.29 is 27.9 Å². The number of sulfonamides is 1. The number of benzene rings is 2. The number of para-hydroxylation sites is 1. The molecular formula is C28H32N4O6S. The van der Waals surface area contributed by atoms with Crippen molar-refractivity contribution >= 4 is 39.1 Å². The number of carbonyl (C=O) groups is 3. The van der Waals surface area contributed by atoms with Gasteiger partial charge in [-0.05, 0) is 57.4 Å². The Morgan fingerprint density at radius 3 is 2.26 bits per heavy atom. The molecule has 2 amide bonds. The smallest absolute Gasteiger partial charge is 0.296 e. The number of nitrogens with zero attached hydrogens (tertiary/aromatic N) is 4. The van der Waals surface area contributed by atoms with Crippen LogP contribution in [0.1, 0.15) is 17.5 Å². The van der Waals surface area contributed by atoms with Crippen molar-refractivity contribution in [3.63, 3.8) is 0 Å². The average Bonchev–Trinajstić information content (AvgIpc) is 3.27. The van der Waals surface area contributed by atoms with Gasteiger partial charge in [-0.1, -0.05) is 24.3 Å². The lowest BCUT2D eigenvalue weighted by atomic mass is 9.82. The summed E-state index contributed by atoms with van der Waals surface area (Å²) in [6.45, 7) is 4.58. The van der Waals surface area contributed by atoms with Gasteiger partial charge in [-0.25, -0.2) is 12.7 Å². The number of likely N-dealkylation sites (tertiary alicyclic amines) is 1. The third kappa shape index (κ3) is 4.36. The molecule has 1 spiro atoms. The number of aliphatic hydroxyl groups is 1. The summed E-state index contributed by atoms with van der Waals surface area (Å²) < 4.78 is 26.1. The number of hydrogen-bond donors (Lipinski definition) is 1. The van der Waals surface area contributed by atoms with E-state index < -0.39 is 38.9 Å². The van der Waals surface area contributed by atoms with Gasteiger partial charge in [-0.2, -0.15) is 0 Å². The molecule has 1 atom stereocenters. The molecule has 2 heterocycles. The maximum Gasteiger partial charge on any atom is 0.296 e. The number of hydrogen-bond acceptors (Lipinski definition) is 7. The van der Waals surface area contributed by atoms with Crippen molar-refractivity contribution in [3.05, 3.63) is 77.9 Å². The van der Waals surface area contributed by atoms with Crippen LogP contribution in [-0.2, 0) is 29.9 Å². The van der Waals surface area contributed by atoms with E-state index in [4.69, 9.17) is 0 Å². The zero-order valence-electron chi connectivity index (χ0n) is 22.4. The second kappa shape index (κ2) is 10.4. The lowest BCUT2D eigenvalue weighted by Gasteiger charge is -2.34. The lowest BCUT2D eigenvalue weighted by Crippen LogP contribution is -2.52. The van der Waals surface area contributed by atoms with Gasteiger partial charge in [0.25, 0.3) is 17.6 Å². The molecule has 2 aromatic carbocycles. The predicted octanol–water partition coefficient (Wildman–Crippen LogP) is 2.00. The van der Waals surface area contributed by atoms with E-state index in [1.165, 1.54) is 48.2 Å². The summed E-state index contributed by atoms with van der Waals surface area (Å²) >= 11 is 0. The maximum atomic E-state index is 14.3. The Hall–Kier alpha value is -3.80. The van der Waals surface area contributed by atoms with Crippen LogP contribution in [0.2, 0.25) is 0 Å². The quantitative estimate of drug-likeness (QED) is 0.219. The molecule has 0 aromatic heterocycles. The monoisotopic (exact) mass is 552 g/mol. The largest absolute Gasteiger partial charge is 0.507 e. The summed E-state index contributed by atoms with van der Waals surface area (Å²) in [7, 11) is 2.83. The Bertz CT molecular complexity index is 1480. The summed E-state index contributed by atoms with van der Waals surface area (Å²) in [5.74, 6) is -2.96. The first-order valence-electron chi connectivity index (χ1n) is 12.4. The van der Waals surface area contributed by atoms with Crippen LogP contribution in [0.4, 0.5) is 5.69 Å². The third-order valence-electron chi connectivity index (χ3n) is 7.01. The molecule has 0 bridgehead atoms. The van der Waals surface area contributed by atoms with Crippen molar-refractivity contribution in [2.45, 2.75) is 16.9 Å². The Morgan fingerprint density at radius 2 is 1.67 bits per heavy atom. The average molecular weight is 553 g/mol. The first-order chi connectivity index (χ1) is 18.4. The number of amides is 2. The van der Waals surface area contributed by atoms with Crippen molar-refractivity contribution in [2.75, 3.05) is 52.7 Å². The van der Waals surface area contributed by atoms with E-state index in [1.807, 2.05) is 19.0 Å². The molecule has 4 rings (SSSR count). The van der Waals surface area contributed by atoms with Crippen LogP contribution in [0.25, 0.3) is 5.76 Å². The van der Waals surface area contributed by atoms with E-state index in [0.29, 0.717) is 24.2 Å². The number of Topliss-reactive ketones (excluding diaryl/α,β-unsaturated/α-hetero) is 1. The molecule has 0 aliphatic carbocycles. The van der Waals surface area contributed by atoms with Crippen LogP contribution in [-0.4, -0.2) is 93.1 Å². The Kier molecular flexibility index (Phi) is 7.53. The van der Waals surface area contributed by atoms with Gasteiger partial charge in [0.05, 0.1) is 16.2 Å². The predicted molar refractivity (Wildman–Crippen MR) is 147 cm³/mol. The minimum Gasteiger partial charge on any atom is -0.507 e. The van der Waals surface area contributed by atoms with Gasteiger partial charge in [0.1, 0.15) is 5.76 Å². The highest BCUT2D eigenvalue weighted by Gasteiger charge is 2.66. The maximum absolute atomic E-state index is 14.3. The molecule has 11 heteroatoms. The van der Waals surface area contributed by atoms with E-state index in [2.05, 4.69) is 6.58 Å². The van der Waals surface area contributed by atoms with Crippen molar-refractivity contribution in [1.29, 1.82) is 0 Å². The van der Waals surface area contributed by atoms with Crippen LogP contribution in [0.3, 0.4) is 0 Å². The van der Waals surface area contributed by atoms with Gasteiger partial charge >= 0.3 is 0 Å². The number of anilines is 1. The normalized spacial score (nSPS) is 20.5. The molecule has 206 valence electrons. The van der Waals surface area contributed by atoms with E-state index >= 15 is 0 Å². The number of aliphatic hydroxyl groups excluding tert-OH is 1. The SMILES string of the molecule is C=CCN1C(=O)C2(/C(=C(/O)c3ccc(S(=O)(=O)N(C)C)cc3)C(=O)C(=O)N2CCCN(C)C)c2ccccc21. The van der Waals surface area contributed by atoms with Gasteiger partial charge in [-0.3, -0.25) is 14.4 Å². The van der Waals surface area contributed by atoms with Crippen LogP contribution in [0, 0.1) is 0 Å². The Morgan fingerprint density at radius 1 is 1.03 bits per heavy atom. The minimum atomic E-state index is -3.74. The summed E-state index contributed by atoms with van der Waals surface area (Å²) in [5.41, 5.74) is -1.19. The van der Waals surface area contributed by atoms with Gasteiger partial charge in [0.15, 0.2) is 5.54 Å². The van der Waals surface area contributed by atoms with Gasteiger partial charge in [0.2, 0.25) is 10.0 Å². The van der Waals surface area contributed by atoms with Gasteiger partial charge < -0.3 is 19.8 Å². The molecule has 10 nitrogen and oxygen atoms in total. The van der Waals surface area contributed by atoms with Crippen molar-refractivity contribution in [2.24, 2.45) is 0 Å². The van der Waals surface area contributed by atoms with Crippen molar-refractivity contribution in [3.8, 4) is 0 Å². The van der Waals surface area contributed by atoms with Crippen LogP contribution < -0.4 is 4.90 Å². The number of fused-ring (bicyclic) bond motifs is 2. The van der Waals surface area contributed by atoms with E-state index in [9.17, 15) is 27.9 Å². The first kappa shape index (κ1) is 28.2. The first-order valence-corrected chi connectivity index (χ1v) is 13.8. The fourth-order valence-electron chi connectivity index (χ4n) is 5.16. The van der Waals surface area contributed by atoms with Gasteiger partial charge in [-0.15, -0.1) is 6.58 Å². The Labute approximate surface area is 228 Å². The van der Waals surface area contributed by atoms with Crippen LogP contribution in [0.15, 0.2) is 71.7 Å². The molecule has 2 aliphatic heterocycles. The van der Waals surface area contributed by atoms with Crippen LogP contribution in [0.5, 0.6) is 0 Å². The summed E-state index contributed by atoms with van der Waals surface area (Å²) in [6.07, 6.45) is 2.03. The highest BCUT2D eigenvalue weighted by atomic mass is 32.2. The fourth-order valence-corrected chi connectivity index (χ4v) is 6.06. The fraction of sp³-hybridized carbons (Fsp3) is 0.321. The van der Waals surface area contributed by atoms with E-state index in [-0.39, 0.29) is 29.1 Å². The zero-order chi connectivity index (χ0) is 28.7. The van der Waals surface area contributed by atoms with Crippen molar-refractivity contribution in [1.82, 2.24) is 14.1 Å². The summed E-state index contributed by atoms with van der Waals surface area (Å²) in [4.78, 5) is 46.0. The highest BCUT2D eigenvalue weighted by Crippen LogP contribution is 2.53. The van der Waals surface area contributed by atoms with Gasteiger partial charge in [0, 0.05) is 38.3 Å². The molecule has 2 aliphatic rings. The topological polar surface area (TPSA) is 119 Å². The summed E-state index contributed by atoms with van der Waals surface area (Å²) in [5, 5.41) is 11.5. The number of rotatable bonds is 9. The molecule has 39 heavy (non-hydrogen) atoms. The van der Waals surface area contributed by atoms with Crippen LogP contribution >= 0.6 is 0 Å². The second-order valence-corrected chi connectivity index (χ2v) is 12.1. The molecule has 1 N–H and O–H groups in total.